The number of benzene rings is 1. The summed E-state index contributed by atoms with van der Waals surface area (Å²) in [6.07, 6.45) is 0. The highest BCUT2D eigenvalue weighted by molar-refractivity contribution is 5.67. The fourth-order valence-corrected chi connectivity index (χ4v) is 0.903. The summed E-state index contributed by atoms with van der Waals surface area (Å²) in [7, 11) is 0. The van der Waals surface area contributed by atoms with Gasteiger partial charge in [-0.25, -0.2) is 0 Å². The molecule has 3 nitrogen and oxygen atoms in total. The van der Waals surface area contributed by atoms with Crippen LogP contribution in [-0.4, -0.2) is 0 Å². The fourth-order valence-electron chi connectivity index (χ4n) is 0.903. The Kier molecular flexibility index (Phi) is 1.89. The van der Waals surface area contributed by atoms with E-state index in [-0.39, 0.29) is 0 Å². The molecule has 58 valence electrons. The van der Waals surface area contributed by atoms with Gasteiger partial charge in [-0.1, -0.05) is 6.07 Å². The smallest absolute Gasteiger partial charge is 0.131 e. The topological polar surface area (TPSA) is 55.5 Å². The Bertz CT molecular complexity index is 294. The van der Waals surface area contributed by atoms with E-state index >= 15 is 0 Å². The van der Waals surface area contributed by atoms with Gasteiger partial charge >= 0.3 is 0 Å². The van der Waals surface area contributed by atoms with Crippen molar-refractivity contribution in [2.24, 2.45) is 5.18 Å². The van der Waals surface area contributed by atoms with E-state index in [0.29, 0.717) is 11.4 Å². The van der Waals surface area contributed by atoms with Crippen LogP contribution in [0, 0.1) is 18.8 Å². The lowest BCUT2D eigenvalue weighted by Crippen LogP contribution is -1.91. The molecule has 0 heterocycles. The maximum absolute atomic E-state index is 10.2. The van der Waals surface area contributed by atoms with Crippen LogP contribution in [0.15, 0.2) is 17.3 Å². The lowest BCUT2D eigenvalue weighted by atomic mass is 10.1. The molecule has 0 amide bonds. The van der Waals surface area contributed by atoms with Gasteiger partial charge in [-0.15, -0.1) is 4.91 Å². The van der Waals surface area contributed by atoms with E-state index in [4.69, 9.17) is 5.73 Å². The van der Waals surface area contributed by atoms with Crippen molar-refractivity contribution >= 4 is 11.4 Å². The maximum atomic E-state index is 10.2. The van der Waals surface area contributed by atoms with E-state index in [2.05, 4.69) is 5.18 Å². The fraction of sp³-hybridized carbons (Fsp3) is 0.250. The van der Waals surface area contributed by atoms with Crippen LogP contribution >= 0.6 is 0 Å². The van der Waals surface area contributed by atoms with Crippen molar-refractivity contribution in [2.75, 3.05) is 5.73 Å². The Balaban J connectivity index is 3.36. The molecule has 11 heavy (non-hydrogen) atoms. The van der Waals surface area contributed by atoms with Crippen LogP contribution in [0.2, 0.25) is 0 Å². The van der Waals surface area contributed by atoms with E-state index in [1.54, 1.807) is 6.07 Å². The van der Waals surface area contributed by atoms with Crippen LogP contribution in [0.1, 0.15) is 11.1 Å². The normalized spacial score (nSPS) is 9.64. The number of aryl methyl sites for hydroxylation is 1. The summed E-state index contributed by atoms with van der Waals surface area (Å²) in [5.74, 6) is 0. The molecule has 0 aliphatic carbocycles. The molecule has 0 fully saturated rings. The van der Waals surface area contributed by atoms with E-state index in [1.165, 1.54) is 0 Å². The van der Waals surface area contributed by atoms with Gasteiger partial charge < -0.3 is 5.73 Å². The number of nitrogens with zero attached hydrogens (tertiary/aromatic N) is 1. The minimum absolute atomic E-state index is 0.327. The zero-order valence-electron chi connectivity index (χ0n) is 6.59. The lowest BCUT2D eigenvalue weighted by molar-refractivity contribution is 1.33. The molecule has 1 aromatic rings. The number of hydrogen-bond acceptors (Lipinski definition) is 3. The highest BCUT2D eigenvalue weighted by atomic mass is 16.3. The second-order valence-electron chi connectivity index (χ2n) is 2.53. The van der Waals surface area contributed by atoms with Crippen LogP contribution < -0.4 is 5.73 Å². The first-order valence-corrected chi connectivity index (χ1v) is 3.36. The van der Waals surface area contributed by atoms with Gasteiger partial charge in [0.2, 0.25) is 0 Å². The molecule has 0 aliphatic rings. The molecule has 1 aromatic carbocycles. The van der Waals surface area contributed by atoms with Crippen LogP contribution in [0.4, 0.5) is 11.4 Å². The predicted octanol–water partition coefficient (Wildman–Crippen LogP) is 2.28. The molecule has 0 bridgehead atoms. The first-order valence-electron chi connectivity index (χ1n) is 3.36. The quantitative estimate of drug-likeness (QED) is 0.493. The summed E-state index contributed by atoms with van der Waals surface area (Å²) in [5.41, 5.74) is 8.42. The number of nitrogen functional groups attached to an aromatic ring is 1. The average Bonchev–Trinajstić information content (AvgIpc) is 2.01. The number of rotatable bonds is 1. The van der Waals surface area contributed by atoms with Gasteiger partial charge in [0.05, 0.1) is 5.69 Å². The second kappa shape index (κ2) is 2.70. The van der Waals surface area contributed by atoms with Crippen LogP contribution in [0.5, 0.6) is 0 Å². The molecule has 0 saturated carbocycles. The van der Waals surface area contributed by atoms with Gasteiger partial charge in [0.15, 0.2) is 0 Å². The van der Waals surface area contributed by atoms with Gasteiger partial charge in [0.25, 0.3) is 0 Å². The number of nitroso groups, excluding NO2 is 1. The number of anilines is 1. The molecule has 0 radical (unpaired) electrons. The molecule has 1 rings (SSSR count). The van der Waals surface area contributed by atoms with E-state index < -0.39 is 0 Å². The van der Waals surface area contributed by atoms with Gasteiger partial charge in [0.1, 0.15) is 5.69 Å². The summed E-state index contributed by atoms with van der Waals surface area (Å²) < 4.78 is 0. The largest absolute Gasteiger partial charge is 0.397 e. The molecule has 0 atom stereocenters. The summed E-state index contributed by atoms with van der Waals surface area (Å²) >= 11 is 0. The molecular weight excluding hydrogens is 140 g/mol. The molecular formula is C8H10N2O. The molecule has 0 aromatic heterocycles. The molecule has 2 N–H and O–H groups in total. The Morgan fingerprint density at radius 3 is 2.55 bits per heavy atom. The summed E-state index contributed by atoms with van der Waals surface area (Å²) in [5, 5.41) is 2.80. The number of nitrogens with two attached hydrogens (primary N) is 1. The van der Waals surface area contributed by atoms with Crippen molar-refractivity contribution < 1.29 is 0 Å². The zero-order chi connectivity index (χ0) is 8.43. The third-order valence-corrected chi connectivity index (χ3v) is 1.86. The monoisotopic (exact) mass is 150 g/mol. The van der Waals surface area contributed by atoms with Gasteiger partial charge in [-0.3, -0.25) is 0 Å². The highest BCUT2D eigenvalue weighted by Crippen LogP contribution is 2.26. The third-order valence-electron chi connectivity index (χ3n) is 1.86. The SMILES string of the molecule is Cc1ccc(N=O)c(N)c1C. The van der Waals surface area contributed by atoms with Gasteiger partial charge in [-0.2, -0.15) is 0 Å². The Morgan fingerprint density at radius 1 is 1.36 bits per heavy atom. The Morgan fingerprint density at radius 2 is 2.00 bits per heavy atom. The van der Waals surface area contributed by atoms with Crippen LogP contribution in [0.3, 0.4) is 0 Å². The van der Waals surface area contributed by atoms with E-state index in [9.17, 15) is 4.91 Å². The number of hydrogen-bond donors (Lipinski definition) is 1. The lowest BCUT2D eigenvalue weighted by Gasteiger charge is -2.04. The van der Waals surface area contributed by atoms with Gasteiger partial charge in [0, 0.05) is 0 Å². The maximum Gasteiger partial charge on any atom is 0.131 e. The first-order chi connectivity index (χ1) is 5.16. The van der Waals surface area contributed by atoms with Crippen molar-refractivity contribution in [2.45, 2.75) is 13.8 Å². The van der Waals surface area contributed by atoms with Gasteiger partial charge in [-0.05, 0) is 36.2 Å². The summed E-state index contributed by atoms with van der Waals surface area (Å²) in [6, 6.07) is 3.47. The van der Waals surface area contributed by atoms with Crippen LogP contribution in [0.25, 0.3) is 0 Å². The minimum atomic E-state index is 0.327. The standard InChI is InChI=1S/C8H10N2O/c1-5-3-4-7(10-11)8(9)6(5)2/h3-4H,9H2,1-2H3. The Labute approximate surface area is 65.2 Å². The summed E-state index contributed by atoms with van der Waals surface area (Å²) in [6.45, 7) is 3.82. The van der Waals surface area contributed by atoms with Crippen molar-refractivity contribution in [3.63, 3.8) is 0 Å². The average molecular weight is 150 g/mol. The third kappa shape index (κ3) is 1.22. The molecule has 0 spiro atoms. The van der Waals surface area contributed by atoms with E-state index in [1.807, 2.05) is 19.9 Å². The molecule has 0 aliphatic heterocycles. The molecule has 0 unspecified atom stereocenters. The van der Waals surface area contributed by atoms with Crippen LogP contribution in [-0.2, 0) is 0 Å². The van der Waals surface area contributed by atoms with Crippen molar-refractivity contribution in [1.29, 1.82) is 0 Å². The minimum Gasteiger partial charge on any atom is -0.397 e. The zero-order valence-corrected chi connectivity index (χ0v) is 6.59. The highest BCUT2D eigenvalue weighted by Gasteiger charge is 2.03. The molecule has 3 heteroatoms. The van der Waals surface area contributed by atoms with Crippen molar-refractivity contribution in [3.05, 3.63) is 28.2 Å². The van der Waals surface area contributed by atoms with Crippen molar-refractivity contribution in [3.8, 4) is 0 Å². The Hall–Kier alpha value is -1.38. The predicted molar refractivity (Wildman–Crippen MR) is 45.8 cm³/mol. The molecule has 0 saturated heterocycles. The first kappa shape index (κ1) is 7.72. The summed E-state index contributed by atoms with van der Waals surface area (Å²) in [4.78, 5) is 10.2. The van der Waals surface area contributed by atoms with Crippen molar-refractivity contribution in [1.82, 2.24) is 0 Å². The van der Waals surface area contributed by atoms with E-state index in [0.717, 1.165) is 11.1 Å². The second-order valence-corrected chi connectivity index (χ2v) is 2.53.